The first-order chi connectivity index (χ1) is 18.8. The molecular formula is C36H28O2. The van der Waals surface area contributed by atoms with Crippen molar-refractivity contribution in [3.05, 3.63) is 156 Å². The maximum atomic E-state index is 5.75. The van der Waals surface area contributed by atoms with E-state index in [2.05, 4.69) is 133 Å². The summed E-state index contributed by atoms with van der Waals surface area (Å²) in [4.78, 5) is 0. The molecule has 0 aliphatic rings. The van der Waals surface area contributed by atoms with Gasteiger partial charge in [0.15, 0.2) is 0 Å². The molecule has 0 bridgehead atoms. The lowest BCUT2D eigenvalue weighted by Gasteiger charge is -2.21. The van der Waals surface area contributed by atoms with E-state index in [1.165, 1.54) is 11.1 Å². The molecule has 0 aromatic heterocycles. The third-order valence-electron chi connectivity index (χ3n) is 7.12. The molecule has 0 heterocycles. The van der Waals surface area contributed by atoms with Gasteiger partial charge in [0.2, 0.25) is 0 Å². The number of hydrogen-bond acceptors (Lipinski definition) is 2. The molecular weight excluding hydrogens is 464 g/mol. The van der Waals surface area contributed by atoms with Crippen molar-refractivity contribution in [1.82, 2.24) is 0 Å². The van der Waals surface area contributed by atoms with Crippen molar-refractivity contribution in [1.29, 1.82) is 0 Å². The minimum Gasteiger partial charge on any atom is -0.496 e. The summed E-state index contributed by atoms with van der Waals surface area (Å²) in [5.74, 6) is 1.74. The molecule has 0 aliphatic carbocycles. The zero-order valence-corrected chi connectivity index (χ0v) is 21.5. The first-order valence-corrected chi connectivity index (χ1v) is 12.8. The molecule has 6 aromatic rings. The van der Waals surface area contributed by atoms with E-state index >= 15 is 0 Å². The Morgan fingerprint density at radius 2 is 0.711 bits per heavy atom. The maximum Gasteiger partial charge on any atom is 0.126 e. The second kappa shape index (κ2) is 10.3. The fourth-order valence-corrected chi connectivity index (χ4v) is 5.41. The lowest BCUT2D eigenvalue weighted by Crippen LogP contribution is -2.00. The van der Waals surface area contributed by atoms with Gasteiger partial charge in [-0.2, -0.15) is 0 Å². The Hall–Kier alpha value is -4.82. The molecule has 6 aromatic carbocycles. The van der Waals surface area contributed by atoms with E-state index in [0.717, 1.165) is 55.3 Å². The van der Waals surface area contributed by atoms with Crippen molar-refractivity contribution in [2.75, 3.05) is 14.2 Å². The SMILES string of the molecule is COc1ccc(/C(=C(\c2ccccc2)c2ccc(OC)c3ccccc23)c2ccccc2)c2ccccc12. The zero-order valence-electron chi connectivity index (χ0n) is 21.5. The van der Waals surface area contributed by atoms with E-state index in [4.69, 9.17) is 9.47 Å². The first kappa shape index (κ1) is 23.6. The molecule has 0 atom stereocenters. The Bertz CT molecular complexity index is 1630. The minimum absolute atomic E-state index is 0.868. The molecule has 0 N–H and O–H groups in total. The third kappa shape index (κ3) is 4.10. The monoisotopic (exact) mass is 492 g/mol. The summed E-state index contributed by atoms with van der Waals surface area (Å²) >= 11 is 0. The second-order valence-electron chi connectivity index (χ2n) is 9.20. The van der Waals surface area contributed by atoms with Crippen LogP contribution in [0.5, 0.6) is 11.5 Å². The number of benzene rings is 6. The normalized spacial score (nSPS) is 11.8. The van der Waals surface area contributed by atoms with E-state index in [1.807, 2.05) is 0 Å². The Balaban J connectivity index is 1.82. The lowest BCUT2D eigenvalue weighted by molar-refractivity contribution is 0.419. The number of ether oxygens (including phenoxy) is 2. The van der Waals surface area contributed by atoms with Crippen LogP contribution in [0.2, 0.25) is 0 Å². The molecule has 0 amide bonds. The Labute approximate surface area is 223 Å². The Kier molecular flexibility index (Phi) is 6.37. The van der Waals surface area contributed by atoms with Crippen molar-refractivity contribution in [2.24, 2.45) is 0 Å². The predicted molar refractivity (Wildman–Crippen MR) is 159 cm³/mol. The van der Waals surface area contributed by atoms with Crippen molar-refractivity contribution in [3.8, 4) is 11.5 Å². The zero-order chi connectivity index (χ0) is 25.9. The Morgan fingerprint density at radius 3 is 1.08 bits per heavy atom. The minimum atomic E-state index is 0.868. The van der Waals surface area contributed by atoms with Crippen LogP contribution in [0.4, 0.5) is 0 Å². The highest BCUT2D eigenvalue weighted by molar-refractivity contribution is 6.14. The van der Waals surface area contributed by atoms with Gasteiger partial charge in [-0.3, -0.25) is 0 Å². The molecule has 0 saturated heterocycles. The van der Waals surface area contributed by atoms with Gasteiger partial charge >= 0.3 is 0 Å². The second-order valence-corrected chi connectivity index (χ2v) is 9.20. The average Bonchev–Trinajstić information content (AvgIpc) is 3.00. The fourth-order valence-electron chi connectivity index (χ4n) is 5.41. The summed E-state index contributed by atoms with van der Waals surface area (Å²) in [5.41, 5.74) is 6.97. The van der Waals surface area contributed by atoms with Crippen LogP contribution in [-0.2, 0) is 0 Å². The van der Waals surface area contributed by atoms with Crippen molar-refractivity contribution in [2.45, 2.75) is 0 Å². The van der Waals surface area contributed by atoms with Crippen molar-refractivity contribution in [3.63, 3.8) is 0 Å². The van der Waals surface area contributed by atoms with Gasteiger partial charge in [0.25, 0.3) is 0 Å². The molecule has 0 aliphatic heterocycles. The quantitative estimate of drug-likeness (QED) is 0.216. The number of hydrogen-bond donors (Lipinski definition) is 0. The van der Waals surface area contributed by atoms with Gasteiger partial charge in [-0.15, -0.1) is 0 Å². The lowest BCUT2D eigenvalue weighted by atomic mass is 9.82. The summed E-state index contributed by atoms with van der Waals surface area (Å²) in [5, 5.41) is 4.48. The van der Waals surface area contributed by atoms with Gasteiger partial charge in [-0.1, -0.05) is 121 Å². The highest BCUT2D eigenvalue weighted by atomic mass is 16.5. The van der Waals surface area contributed by atoms with Gasteiger partial charge < -0.3 is 9.47 Å². The number of fused-ring (bicyclic) bond motifs is 2. The topological polar surface area (TPSA) is 18.5 Å². The smallest absolute Gasteiger partial charge is 0.126 e. The summed E-state index contributed by atoms with van der Waals surface area (Å²) in [6, 6.07) is 46.8. The summed E-state index contributed by atoms with van der Waals surface area (Å²) < 4.78 is 11.5. The molecule has 184 valence electrons. The number of methoxy groups -OCH3 is 2. The van der Waals surface area contributed by atoms with Crippen LogP contribution in [0, 0.1) is 0 Å². The van der Waals surface area contributed by atoms with E-state index in [0.29, 0.717) is 0 Å². The third-order valence-corrected chi connectivity index (χ3v) is 7.12. The molecule has 2 nitrogen and oxygen atoms in total. The van der Waals surface area contributed by atoms with Crippen LogP contribution in [0.25, 0.3) is 32.7 Å². The molecule has 6 rings (SSSR count). The molecule has 0 spiro atoms. The highest BCUT2D eigenvalue weighted by Crippen LogP contribution is 2.43. The molecule has 38 heavy (non-hydrogen) atoms. The fraction of sp³-hybridized carbons (Fsp3) is 0.0556. The van der Waals surface area contributed by atoms with Crippen LogP contribution in [-0.4, -0.2) is 14.2 Å². The van der Waals surface area contributed by atoms with Gasteiger partial charge in [-0.25, -0.2) is 0 Å². The van der Waals surface area contributed by atoms with Crippen LogP contribution < -0.4 is 9.47 Å². The first-order valence-electron chi connectivity index (χ1n) is 12.8. The Morgan fingerprint density at radius 1 is 0.368 bits per heavy atom. The van der Waals surface area contributed by atoms with Gasteiger partial charge in [0, 0.05) is 10.8 Å². The standard InChI is InChI=1S/C36H28O2/c1-37-33-23-21-31(27-17-9-11-19-29(27)33)35(25-13-5-3-6-14-25)36(26-15-7-4-8-16-26)32-22-24-34(38-2)30-20-12-10-18-28(30)32/h3-24H,1-2H3/b36-35+. The summed E-state index contributed by atoms with van der Waals surface area (Å²) in [6.45, 7) is 0. The van der Waals surface area contributed by atoms with Crippen LogP contribution in [0.1, 0.15) is 22.3 Å². The molecule has 2 heteroatoms. The van der Waals surface area contributed by atoms with E-state index < -0.39 is 0 Å². The van der Waals surface area contributed by atoms with Crippen LogP contribution >= 0.6 is 0 Å². The van der Waals surface area contributed by atoms with Crippen molar-refractivity contribution >= 4 is 32.7 Å². The maximum absolute atomic E-state index is 5.75. The summed E-state index contributed by atoms with van der Waals surface area (Å²) in [7, 11) is 3.46. The van der Waals surface area contributed by atoms with Crippen LogP contribution in [0.3, 0.4) is 0 Å². The number of rotatable bonds is 6. The average molecular weight is 493 g/mol. The molecule has 0 radical (unpaired) electrons. The highest BCUT2D eigenvalue weighted by Gasteiger charge is 2.21. The molecule has 0 unspecified atom stereocenters. The molecule has 0 fully saturated rings. The van der Waals surface area contributed by atoms with Crippen LogP contribution in [0.15, 0.2) is 133 Å². The van der Waals surface area contributed by atoms with Gasteiger partial charge in [0.05, 0.1) is 14.2 Å². The molecule has 0 saturated carbocycles. The van der Waals surface area contributed by atoms with E-state index in [1.54, 1.807) is 14.2 Å². The van der Waals surface area contributed by atoms with Crippen molar-refractivity contribution < 1.29 is 9.47 Å². The summed E-state index contributed by atoms with van der Waals surface area (Å²) in [6.07, 6.45) is 0. The van der Waals surface area contributed by atoms with Gasteiger partial charge in [0.1, 0.15) is 11.5 Å². The van der Waals surface area contributed by atoms with E-state index in [9.17, 15) is 0 Å². The van der Waals surface area contributed by atoms with Gasteiger partial charge in [-0.05, 0) is 56.3 Å². The van der Waals surface area contributed by atoms with E-state index in [-0.39, 0.29) is 0 Å². The predicted octanol–water partition coefficient (Wildman–Crippen LogP) is 9.02. The largest absolute Gasteiger partial charge is 0.496 e.